The minimum absolute atomic E-state index is 0.0147. The summed E-state index contributed by atoms with van der Waals surface area (Å²) in [6, 6.07) is 14.4. The number of nitrogens with zero attached hydrogens (tertiary/aromatic N) is 4. The van der Waals surface area contributed by atoms with Crippen LogP contribution in [0.1, 0.15) is 43.2 Å². The third-order valence-electron chi connectivity index (χ3n) is 4.96. The molecule has 1 fully saturated rings. The van der Waals surface area contributed by atoms with E-state index in [0.717, 1.165) is 35.9 Å². The van der Waals surface area contributed by atoms with E-state index < -0.39 is 0 Å². The van der Waals surface area contributed by atoms with E-state index in [9.17, 15) is 0 Å². The van der Waals surface area contributed by atoms with E-state index in [2.05, 4.69) is 62.1 Å². The lowest BCUT2D eigenvalue weighted by atomic mass is 10.0. The van der Waals surface area contributed by atoms with E-state index in [1.165, 1.54) is 5.69 Å². The Morgan fingerprint density at radius 3 is 2.78 bits per heavy atom. The van der Waals surface area contributed by atoms with Gasteiger partial charge >= 0.3 is 0 Å². The van der Waals surface area contributed by atoms with Crippen LogP contribution in [0.3, 0.4) is 0 Å². The molecule has 1 aliphatic rings. The van der Waals surface area contributed by atoms with Gasteiger partial charge in [0, 0.05) is 30.8 Å². The zero-order valence-corrected chi connectivity index (χ0v) is 16.1. The van der Waals surface area contributed by atoms with Gasteiger partial charge in [-0.3, -0.25) is 9.97 Å². The molecule has 2 unspecified atom stereocenters. The molecule has 0 saturated carbocycles. The topological polar surface area (TPSA) is 46.0 Å². The number of hydrogen-bond acceptors (Lipinski definition) is 3. The fourth-order valence-corrected chi connectivity index (χ4v) is 3.99. The Bertz CT molecular complexity index is 893. The van der Waals surface area contributed by atoms with E-state index in [-0.39, 0.29) is 12.1 Å². The van der Waals surface area contributed by atoms with E-state index in [1.54, 1.807) is 6.20 Å². The van der Waals surface area contributed by atoms with Gasteiger partial charge in [-0.05, 0) is 55.0 Å². The summed E-state index contributed by atoms with van der Waals surface area (Å²) in [6.07, 6.45) is 9.83. The highest BCUT2D eigenvalue weighted by Crippen LogP contribution is 2.39. The zero-order chi connectivity index (χ0) is 18.6. The van der Waals surface area contributed by atoms with Gasteiger partial charge in [-0.25, -0.2) is 0 Å². The molecule has 4 rings (SSSR count). The summed E-state index contributed by atoms with van der Waals surface area (Å²) in [4.78, 5) is 11.2. The summed E-state index contributed by atoms with van der Waals surface area (Å²) < 4.78 is 2.20. The molecule has 3 aromatic heterocycles. The predicted molar refractivity (Wildman–Crippen MR) is 111 cm³/mol. The van der Waals surface area contributed by atoms with Crippen molar-refractivity contribution in [2.24, 2.45) is 0 Å². The number of pyridine rings is 2. The van der Waals surface area contributed by atoms with Crippen molar-refractivity contribution >= 4 is 17.3 Å². The first-order valence-corrected chi connectivity index (χ1v) is 9.76. The summed E-state index contributed by atoms with van der Waals surface area (Å²) in [5, 5.41) is 4.31. The van der Waals surface area contributed by atoms with Crippen LogP contribution in [0.5, 0.6) is 0 Å². The molecule has 1 N–H and O–H groups in total. The quantitative estimate of drug-likeness (QED) is 0.657. The van der Waals surface area contributed by atoms with Crippen molar-refractivity contribution in [1.82, 2.24) is 24.8 Å². The molecule has 27 heavy (non-hydrogen) atoms. The summed E-state index contributed by atoms with van der Waals surface area (Å²) in [5.74, 6) is 0. The molecule has 1 aliphatic heterocycles. The van der Waals surface area contributed by atoms with Crippen LogP contribution in [0.2, 0.25) is 0 Å². The van der Waals surface area contributed by atoms with Gasteiger partial charge in [0.2, 0.25) is 0 Å². The molecule has 0 radical (unpaired) electrons. The van der Waals surface area contributed by atoms with Crippen LogP contribution < -0.4 is 5.32 Å². The van der Waals surface area contributed by atoms with Crippen molar-refractivity contribution in [3.05, 3.63) is 78.6 Å². The molecular formula is C21H23N5S. The zero-order valence-electron chi connectivity index (χ0n) is 15.3. The molecule has 5 nitrogen and oxygen atoms in total. The lowest BCUT2D eigenvalue weighted by Crippen LogP contribution is -2.31. The molecule has 1 saturated heterocycles. The van der Waals surface area contributed by atoms with Gasteiger partial charge in [0.05, 0.1) is 29.7 Å². The molecule has 2 atom stereocenters. The third kappa shape index (κ3) is 3.45. The van der Waals surface area contributed by atoms with E-state index in [1.807, 2.05) is 30.6 Å². The van der Waals surface area contributed by atoms with Gasteiger partial charge in [-0.2, -0.15) is 0 Å². The second-order valence-electron chi connectivity index (χ2n) is 6.69. The van der Waals surface area contributed by atoms with Crippen molar-refractivity contribution < 1.29 is 0 Å². The Hall–Kier alpha value is -2.73. The lowest BCUT2D eigenvalue weighted by Gasteiger charge is -2.28. The molecule has 6 heteroatoms. The van der Waals surface area contributed by atoms with Crippen LogP contribution in [0.4, 0.5) is 0 Å². The molecule has 138 valence electrons. The average molecular weight is 378 g/mol. The first-order valence-electron chi connectivity index (χ1n) is 9.35. The number of aromatic nitrogens is 3. The van der Waals surface area contributed by atoms with Gasteiger partial charge in [0.1, 0.15) is 0 Å². The number of nitrogens with one attached hydrogen (secondary N) is 1. The van der Waals surface area contributed by atoms with Crippen LogP contribution in [0.15, 0.2) is 67.3 Å². The SMILES string of the molecule is CCCCN1C(=S)NC(c2ccccn2)C1c1cccn1-c1cccnc1. The van der Waals surface area contributed by atoms with Gasteiger partial charge in [-0.15, -0.1) is 0 Å². The maximum absolute atomic E-state index is 5.71. The van der Waals surface area contributed by atoms with Crippen LogP contribution in [0.25, 0.3) is 5.69 Å². The monoisotopic (exact) mass is 377 g/mol. The average Bonchev–Trinajstić information content (AvgIpc) is 3.32. The number of thiocarbonyl (C=S) groups is 1. The van der Waals surface area contributed by atoms with E-state index >= 15 is 0 Å². The largest absolute Gasteiger partial charge is 0.352 e. The smallest absolute Gasteiger partial charge is 0.170 e. The second-order valence-corrected chi connectivity index (χ2v) is 7.07. The second kappa shape index (κ2) is 7.88. The van der Waals surface area contributed by atoms with Crippen LogP contribution in [0, 0.1) is 0 Å². The summed E-state index contributed by atoms with van der Waals surface area (Å²) >= 11 is 5.71. The number of unbranched alkanes of at least 4 members (excludes halogenated alkanes) is 1. The molecule has 4 heterocycles. The number of hydrogen-bond donors (Lipinski definition) is 1. The number of rotatable bonds is 6. The Kier molecular flexibility index (Phi) is 5.16. The standard InChI is InChI=1S/C21H23N5S/c1-2-3-13-26-20(19(24-21(26)27)17-9-4-5-12-23-17)18-10-7-14-25(18)16-8-6-11-22-15-16/h4-12,14-15,19-20H,2-3,13H2,1H3,(H,24,27). The van der Waals surface area contributed by atoms with Gasteiger partial charge < -0.3 is 14.8 Å². The Morgan fingerprint density at radius 1 is 1.11 bits per heavy atom. The van der Waals surface area contributed by atoms with Gasteiger partial charge in [-0.1, -0.05) is 19.4 Å². The van der Waals surface area contributed by atoms with Crippen molar-refractivity contribution in [1.29, 1.82) is 0 Å². The summed E-state index contributed by atoms with van der Waals surface area (Å²) in [6.45, 7) is 3.13. The molecule has 0 amide bonds. The lowest BCUT2D eigenvalue weighted by molar-refractivity contribution is 0.304. The van der Waals surface area contributed by atoms with Crippen molar-refractivity contribution in [2.45, 2.75) is 31.8 Å². The van der Waals surface area contributed by atoms with Crippen LogP contribution in [-0.4, -0.2) is 31.1 Å². The van der Waals surface area contributed by atoms with Crippen molar-refractivity contribution in [2.75, 3.05) is 6.54 Å². The fraction of sp³-hybridized carbons (Fsp3) is 0.286. The Balaban J connectivity index is 1.78. The highest BCUT2D eigenvalue weighted by atomic mass is 32.1. The maximum atomic E-state index is 5.71. The third-order valence-corrected chi connectivity index (χ3v) is 5.31. The fourth-order valence-electron chi connectivity index (χ4n) is 3.66. The normalized spacial score (nSPS) is 19.3. The Morgan fingerprint density at radius 2 is 2.04 bits per heavy atom. The van der Waals surface area contributed by atoms with E-state index in [0.29, 0.717) is 0 Å². The molecule has 0 aliphatic carbocycles. The van der Waals surface area contributed by atoms with Gasteiger partial charge in [0.15, 0.2) is 5.11 Å². The van der Waals surface area contributed by atoms with Crippen LogP contribution >= 0.6 is 12.2 Å². The molecular weight excluding hydrogens is 354 g/mol. The van der Waals surface area contributed by atoms with Crippen molar-refractivity contribution in [3.63, 3.8) is 0 Å². The predicted octanol–water partition coefficient (Wildman–Crippen LogP) is 4.04. The first kappa shape index (κ1) is 17.7. The maximum Gasteiger partial charge on any atom is 0.170 e. The molecule has 0 spiro atoms. The van der Waals surface area contributed by atoms with E-state index in [4.69, 9.17) is 12.2 Å². The molecule has 0 bridgehead atoms. The highest BCUT2D eigenvalue weighted by molar-refractivity contribution is 7.80. The van der Waals surface area contributed by atoms with Crippen molar-refractivity contribution in [3.8, 4) is 5.69 Å². The first-order chi connectivity index (χ1) is 13.3. The summed E-state index contributed by atoms with van der Waals surface area (Å²) in [5.41, 5.74) is 3.23. The van der Waals surface area contributed by atoms with Gasteiger partial charge in [0.25, 0.3) is 0 Å². The molecule has 3 aromatic rings. The highest BCUT2D eigenvalue weighted by Gasteiger charge is 2.40. The minimum Gasteiger partial charge on any atom is -0.352 e. The van der Waals surface area contributed by atoms with Crippen LogP contribution in [-0.2, 0) is 0 Å². The molecule has 0 aromatic carbocycles. The summed E-state index contributed by atoms with van der Waals surface area (Å²) in [7, 11) is 0. The minimum atomic E-state index is 0.0147. The Labute approximate surface area is 165 Å².